The van der Waals surface area contributed by atoms with Crippen molar-refractivity contribution in [1.82, 2.24) is 4.90 Å². The van der Waals surface area contributed by atoms with Gasteiger partial charge in [-0.25, -0.2) is 0 Å². The number of hydrogen-bond acceptors (Lipinski definition) is 3. The lowest BCUT2D eigenvalue weighted by atomic mass is 9.47. The van der Waals surface area contributed by atoms with Crippen molar-refractivity contribution in [2.75, 3.05) is 14.1 Å². The summed E-state index contributed by atoms with van der Waals surface area (Å²) in [5.74, 6) is 2.77. The molecular weight excluding hydrogens is 322 g/mol. The van der Waals surface area contributed by atoms with Crippen LogP contribution in [0.2, 0.25) is 0 Å². The second-order valence-electron chi connectivity index (χ2n) is 10.6. The molecule has 0 spiro atoms. The van der Waals surface area contributed by atoms with Gasteiger partial charge < -0.3 is 10.0 Å². The van der Waals surface area contributed by atoms with Gasteiger partial charge in [0.25, 0.3) is 0 Å². The molecule has 8 atom stereocenters. The summed E-state index contributed by atoms with van der Waals surface area (Å²) in [5, 5.41) is 10.9. The Labute approximate surface area is 159 Å². The second-order valence-corrected chi connectivity index (χ2v) is 10.6. The van der Waals surface area contributed by atoms with E-state index >= 15 is 0 Å². The average Bonchev–Trinajstić information content (AvgIpc) is 2.90. The van der Waals surface area contributed by atoms with E-state index in [0.29, 0.717) is 23.5 Å². The molecule has 0 amide bonds. The van der Waals surface area contributed by atoms with Crippen LogP contribution in [0.4, 0.5) is 0 Å². The molecule has 0 aliphatic heterocycles. The van der Waals surface area contributed by atoms with E-state index in [4.69, 9.17) is 0 Å². The van der Waals surface area contributed by atoms with Crippen LogP contribution in [-0.4, -0.2) is 42.0 Å². The number of allylic oxidation sites excluding steroid dienone is 1. The Morgan fingerprint density at radius 2 is 1.92 bits per heavy atom. The maximum absolute atomic E-state index is 12.3. The largest absolute Gasteiger partial charge is 0.391 e. The summed E-state index contributed by atoms with van der Waals surface area (Å²) < 4.78 is 0. The van der Waals surface area contributed by atoms with Crippen LogP contribution in [0.1, 0.15) is 65.7 Å². The maximum atomic E-state index is 12.3. The summed E-state index contributed by atoms with van der Waals surface area (Å²) >= 11 is 0. The highest BCUT2D eigenvalue weighted by Gasteiger charge is 2.60. The molecule has 0 saturated heterocycles. The highest BCUT2D eigenvalue weighted by molar-refractivity contribution is 5.79. The Balaban J connectivity index is 1.64. The third kappa shape index (κ3) is 2.49. The fourth-order valence-electron chi connectivity index (χ4n) is 7.88. The van der Waals surface area contributed by atoms with Gasteiger partial charge >= 0.3 is 0 Å². The van der Waals surface area contributed by atoms with Crippen LogP contribution in [-0.2, 0) is 4.79 Å². The van der Waals surface area contributed by atoms with E-state index in [2.05, 4.69) is 38.9 Å². The molecule has 0 bridgehead atoms. The van der Waals surface area contributed by atoms with E-state index in [1.54, 1.807) is 5.57 Å². The fourth-order valence-corrected chi connectivity index (χ4v) is 7.88. The molecule has 3 fully saturated rings. The van der Waals surface area contributed by atoms with Gasteiger partial charge in [-0.2, -0.15) is 0 Å². The van der Waals surface area contributed by atoms with E-state index < -0.39 is 0 Å². The van der Waals surface area contributed by atoms with Crippen LogP contribution in [0.25, 0.3) is 0 Å². The zero-order valence-corrected chi connectivity index (χ0v) is 17.3. The molecule has 0 heterocycles. The Bertz CT molecular complexity index is 626. The molecule has 4 aliphatic carbocycles. The fraction of sp³-hybridized carbons (Fsp3) is 0.870. The first kappa shape index (κ1) is 18.7. The second kappa shape index (κ2) is 6.17. The number of ketones is 1. The normalized spacial score (nSPS) is 50.7. The Morgan fingerprint density at radius 1 is 1.19 bits per heavy atom. The molecule has 0 radical (unpaired) electrons. The highest BCUT2D eigenvalue weighted by Crippen LogP contribution is 2.66. The molecule has 3 nitrogen and oxygen atoms in total. The summed E-state index contributed by atoms with van der Waals surface area (Å²) in [6.45, 7) is 6.65. The molecule has 4 rings (SSSR count). The average molecular weight is 360 g/mol. The minimum atomic E-state index is -0.229. The number of hydrogen-bond donors (Lipinski definition) is 1. The van der Waals surface area contributed by atoms with Crippen molar-refractivity contribution in [2.24, 2.45) is 34.5 Å². The van der Waals surface area contributed by atoms with Gasteiger partial charge in [0.05, 0.1) is 6.10 Å². The topological polar surface area (TPSA) is 40.5 Å². The minimum absolute atomic E-state index is 0.157. The first-order valence-electron chi connectivity index (χ1n) is 10.7. The molecule has 1 N–H and O–H groups in total. The number of carbonyl (C=O) groups is 1. The number of nitrogens with zero attached hydrogens (tertiary/aromatic N) is 1. The zero-order valence-electron chi connectivity index (χ0n) is 17.3. The van der Waals surface area contributed by atoms with Gasteiger partial charge in [-0.15, -0.1) is 0 Å². The van der Waals surface area contributed by atoms with Gasteiger partial charge in [-0.05, 0) is 94.5 Å². The van der Waals surface area contributed by atoms with Crippen LogP contribution in [0, 0.1) is 34.5 Å². The monoisotopic (exact) mass is 359 g/mol. The Morgan fingerprint density at radius 3 is 2.58 bits per heavy atom. The summed E-state index contributed by atoms with van der Waals surface area (Å²) in [7, 11) is 4.18. The molecule has 26 heavy (non-hydrogen) atoms. The number of rotatable bonds is 2. The van der Waals surface area contributed by atoms with Crippen molar-refractivity contribution < 1.29 is 9.90 Å². The molecule has 3 saturated carbocycles. The Kier molecular flexibility index (Phi) is 4.43. The van der Waals surface area contributed by atoms with Crippen molar-refractivity contribution in [2.45, 2.75) is 77.9 Å². The number of aliphatic hydroxyl groups excluding tert-OH is 1. The third-order valence-corrected chi connectivity index (χ3v) is 9.29. The van der Waals surface area contributed by atoms with Gasteiger partial charge in [-0.3, -0.25) is 4.79 Å². The Hall–Kier alpha value is -0.670. The quantitative estimate of drug-likeness (QED) is 0.756. The summed E-state index contributed by atoms with van der Waals surface area (Å²) in [4.78, 5) is 14.4. The van der Waals surface area contributed by atoms with Crippen molar-refractivity contribution >= 4 is 5.78 Å². The standard InChI is InChI=1S/C23H37NO2/c1-14(25)17-8-9-18-16-7-6-15-12-20(24(4)5)21(26)13-23(15,3)19(16)10-11-22(17,18)2/h6,16-21,26H,7-13H2,1-5H3. The molecule has 8 unspecified atom stereocenters. The zero-order chi connectivity index (χ0) is 18.9. The van der Waals surface area contributed by atoms with Gasteiger partial charge in [0.1, 0.15) is 5.78 Å². The van der Waals surface area contributed by atoms with Crippen molar-refractivity contribution in [1.29, 1.82) is 0 Å². The van der Waals surface area contributed by atoms with Gasteiger partial charge in [0.2, 0.25) is 0 Å². The molecule has 0 aromatic rings. The summed E-state index contributed by atoms with van der Waals surface area (Å²) in [6, 6.07) is 0.258. The molecule has 146 valence electrons. The van der Waals surface area contributed by atoms with Crippen molar-refractivity contribution in [3.8, 4) is 0 Å². The van der Waals surface area contributed by atoms with Crippen LogP contribution in [0.15, 0.2) is 11.6 Å². The first-order chi connectivity index (χ1) is 12.2. The highest BCUT2D eigenvalue weighted by atomic mass is 16.3. The van der Waals surface area contributed by atoms with Crippen LogP contribution in [0.3, 0.4) is 0 Å². The SMILES string of the molecule is CC(=O)C1CCC2C3CC=C4CC(N(C)C)C(O)CC4(C)C3CCC12C. The molecule has 4 aliphatic rings. The molecule has 0 aromatic heterocycles. The maximum Gasteiger partial charge on any atom is 0.133 e. The number of carbonyl (C=O) groups excluding carboxylic acids is 1. The van der Waals surface area contributed by atoms with Crippen LogP contribution in [0.5, 0.6) is 0 Å². The molecule has 0 aromatic carbocycles. The number of aliphatic hydroxyl groups is 1. The minimum Gasteiger partial charge on any atom is -0.391 e. The lowest BCUT2D eigenvalue weighted by Gasteiger charge is -2.59. The van der Waals surface area contributed by atoms with E-state index in [-0.39, 0.29) is 28.9 Å². The van der Waals surface area contributed by atoms with Crippen LogP contribution < -0.4 is 0 Å². The van der Waals surface area contributed by atoms with Crippen LogP contribution >= 0.6 is 0 Å². The van der Waals surface area contributed by atoms with E-state index in [1.807, 2.05) is 6.92 Å². The van der Waals surface area contributed by atoms with Gasteiger partial charge in [-0.1, -0.05) is 25.5 Å². The molecule has 3 heteroatoms. The summed E-state index contributed by atoms with van der Waals surface area (Å²) in [6.07, 6.45) is 10.2. The van der Waals surface area contributed by atoms with E-state index in [0.717, 1.165) is 19.3 Å². The lowest BCUT2D eigenvalue weighted by Crippen LogP contribution is -2.55. The third-order valence-electron chi connectivity index (χ3n) is 9.29. The number of likely N-dealkylation sites (N-methyl/N-ethyl adjacent to an activating group) is 1. The number of fused-ring (bicyclic) bond motifs is 5. The van der Waals surface area contributed by atoms with E-state index in [9.17, 15) is 9.90 Å². The van der Waals surface area contributed by atoms with E-state index in [1.165, 1.54) is 25.7 Å². The predicted molar refractivity (Wildman–Crippen MR) is 105 cm³/mol. The molecular formula is C23H37NO2. The van der Waals surface area contributed by atoms with Gasteiger partial charge in [0, 0.05) is 12.0 Å². The van der Waals surface area contributed by atoms with Gasteiger partial charge in [0.15, 0.2) is 0 Å². The smallest absolute Gasteiger partial charge is 0.133 e. The van der Waals surface area contributed by atoms with Crippen molar-refractivity contribution in [3.63, 3.8) is 0 Å². The first-order valence-corrected chi connectivity index (χ1v) is 10.7. The lowest BCUT2D eigenvalue weighted by molar-refractivity contribution is -0.127. The van der Waals surface area contributed by atoms with Crippen molar-refractivity contribution in [3.05, 3.63) is 11.6 Å². The summed E-state index contributed by atoms with van der Waals surface area (Å²) in [5.41, 5.74) is 1.98. The predicted octanol–water partition coefficient (Wildman–Crippen LogP) is 4.06. The number of Topliss-reactive ketones (excluding diaryl/α,β-unsaturated/α-hetero) is 1.